The number of ketones is 2. The molecule has 0 saturated carbocycles. The minimum Gasteiger partial charge on any atom is -0.381 e. The van der Waals surface area contributed by atoms with Crippen LogP contribution in [-0.4, -0.2) is 29.9 Å². The molecule has 1 aromatic carbocycles. The molecular formula is C23H22N2O4. The molecule has 148 valence electrons. The highest BCUT2D eigenvalue weighted by Gasteiger charge is 2.24. The molecule has 0 fully saturated rings. The van der Waals surface area contributed by atoms with Gasteiger partial charge in [0.2, 0.25) is 0 Å². The summed E-state index contributed by atoms with van der Waals surface area (Å²) >= 11 is 0. The first kappa shape index (κ1) is 20.2. The molecule has 0 unspecified atom stereocenters. The minimum atomic E-state index is -0.321. The Hall–Kier alpha value is -3.54. The van der Waals surface area contributed by atoms with Gasteiger partial charge < -0.3 is 5.32 Å². The average molecular weight is 390 g/mol. The maximum atomic E-state index is 11.7. The third-order valence-electron chi connectivity index (χ3n) is 4.66. The second kappa shape index (κ2) is 9.10. The van der Waals surface area contributed by atoms with Crippen LogP contribution >= 0.6 is 0 Å². The third-order valence-corrected chi connectivity index (χ3v) is 4.66. The Labute approximate surface area is 169 Å². The quantitative estimate of drug-likeness (QED) is 0.545. The molecule has 6 heteroatoms. The summed E-state index contributed by atoms with van der Waals surface area (Å²) in [4.78, 5) is 47.1. The predicted octanol–water partition coefficient (Wildman–Crippen LogP) is 2.57. The summed E-state index contributed by atoms with van der Waals surface area (Å²) in [6.45, 7) is 1.58. The summed E-state index contributed by atoms with van der Waals surface area (Å²) < 4.78 is 0. The maximum Gasteiger partial charge on any atom is 0.258 e. The van der Waals surface area contributed by atoms with Gasteiger partial charge in [0, 0.05) is 17.8 Å². The predicted molar refractivity (Wildman–Crippen MR) is 110 cm³/mol. The van der Waals surface area contributed by atoms with Crippen molar-refractivity contribution in [2.75, 3.05) is 11.4 Å². The molecule has 2 amide bonds. The van der Waals surface area contributed by atoms with Crippen LogP contribution in [0, 0.1) is 0 Å². The topological polar surface area (TPSA) is 83.6 Å². The van der Waals surface area contributed by atoms with Gasteiger partial charge in [-0.05, 0) is 62.1 Å². The number of imide groups is 1. The average Bonchev–Trinajstić information content (AvgIpc) is 3.05. The van der Waals surface area contributed by atoms with Crippen molar-refractivity contribution >= 4 is 29.1 Å². The number of benzene rings is 1. The van der Waals surface area contributed by atoms with Crippen LogP contribution in [-0.2, 0) is 25.6 Å². The monoisotopic (exact) mass is 390 g/mol. The van der Waals surface area contributed by atoms with Gasteiger partial charge >= 0.3 is 0 Å². The summed E-state index contributed by atoms with van der Waals surface area (Å²) in [5, 5.41) is 3.11. The molecule has 0 spiro atoms. The molecule has 2 aliphatic rings. The highest BCUT2D eigenvalue weighted by Crippen LogP contribution is 2.23. The van der Waals surface area contributed by atoms with Crippen LogP contribution in [0.4, 0.5) is 5.69 Å². The molecule has 6 nitrogen and oxygen atoms in total. The number of hydrogen-bond donors (Lipinski definition) is 1. The molecule has 0 saturated heterocycles. The molecule has 1 aliphatic heterocycles. The summed E-state index contributed by atoms with van der Waals surface area (Å²) in [7, 11) is 0. The van der Waals surface area contributed by atoms with Gasteiger partial charge in [-0.3, -0.25) is 19.2 Å². The van der Waals surface area contributed by atoms with Crippen LogP contribution in [0.25, 0.3) is 0 Å². The van der Waals surface area contributed by atoms with E-state index in [0.29, 0.717) is 5.69 Å². The van der Waals surface area contributed by atoms with Crippen molar-refractivity contribution in [2.45, 2.75) is 26.2 Å². The molecule has 1 heterocycles. The van der Waals surface area contributed by atoms with Crippen molar-refractivity contribution in [1.82, 2.24) is 5.32 Å². The molecule has 0 bridgehead atoms. The van der Waals surface area contributed by atoms with Crippen molar-refractivity contribution in [1.29, 1.82) is 0 Å². The van der Waals surface area contributed by atoms with E-state index in [2.05, 4.69) is 5.32 Å². The molecular weight excluding hydrogens is 368 g/mol. The number of nitrogens with one attached hydrogen (secondary N) is 1. The summed E-state index contributed by atoms with van der Waals surface area (Å²) in [6, 6.07) is 7.41. The Morgan fingerprint density at radius 2 is 1.69 bits per heavy atom. The summed E-state index contributed by atoms with van der Waals surface area (Å²) in [5.41, 5.74) is 3.93. The van der Waals surface area contributed by atoms with E-state index < -0.39 is 0 Å². The molecule has 0 radical (unpaired) electrons. The summed E-state index contributed by atoms with van der Waals surface area (Å²) in [6.07, 6.45) is 11.6. The first-order chi connectivity index (χ1) is 13.9. The number of amides is 2. The van der Waals surface area contributed by atoms with Crippen LogP contribution in [0.5, 0.6) is 0 Å². The van der Waals surface area contributed by atoms with Crippen molar-refractivity contribution in [3.8, 4) is 0 Å². The molecule has 0 atom stereocenters. The maximum absolute atomic E-state index is 11.7. The van der Waals surface area contributed by atoms with E-state index >= 15 is 0 Å². The highest BCUT2D eigenvalue weighted by molar-refractivity contribution is 6.28. The first-order valence-corrected chi connectivity index (χ1v) is 9.41. The number of allylic oxidation sites excluding steroid dienone is 5. The van der Waals surface area contributed by atoms with Crippen molar-refractivity contribution in [3.63, 3.8) is 0 Å². The minimum absolute atomic E-state index is 0.138. The zero-order chi connectivity index (χ0) is 20.8. The van der Waals surface area contributed by atoms with Crippen LogP contribution < -0.4 is 10.2 Å². The second-order valence-corrected chi connectivity index (χ2v) is 6.97. The van der Waals surface area contributed by atoms with Crippen LogP contribution in [0.1, 0.15) is 25.3 Å². The van der Waals surface area contributed by atoms with E-state index in [9.17, 15) is 19.2 Å². The molecule has 0 aromatic heterocycles. The number of anilines is 1. The van der Waals surface area contributed by atoms with Gasteiger partial charge in [-0.15, -0.1) is 0 Å². The Balaban J connectivity index is 1.54. The molecule has 29 heavy (non-hydrogen) atoms. The Morgan fingerprint density at radius 3 is 2.28 bits per heavy atom. The van der Waals surface area contributed by atoms with Crippen molar-refractivity contribution < 1.29 is 19.2 Å². The Kier molecular flexibility index (Phi) is 6.34. The molecule has 1 N–H and O–H groups in total. The van der Waals surface area contributed by atoms with Gasteiger partial charge in [-0.25, -0.2) is 4.90 Å². The SMILES string of the molecule is CC(=O)/C=C\C(=O)CNC1=CC=C(Cc2ccc(N3C(=O)C=CC3=O)cc2)CC1. The van der Waals surface area contributed by atoms with Crippen LogP contribution in [0.3, 0.4) is 0 Å². The second-order valence-electron chi connectivity index (χ2n) is 6.97. The number of carbonyl (C=O) groups excluding carboxylic acids is 4. The molecule has 1 aromatic rings. The third kappa shape index (κ3) is 5.48. The van der Waals surface area contributed by atoms with Gasteiger partial charge in [0.25, 0.3) is 11.8 Å². The van der Waals surface area contributed by atoms with Gasteiger partial charge in [0.05, 0.1) is 12.2 Å². The fourth-order valence-corrected chi connectivity index (χ4v) is 3.12. The van der Waals surface area contributed by atoms with E-state index in [4.69, 9.17) is 0 Å². The lowest BCUT2D eigenvalue weighted by Crippen LogP contribution is -2.29. The Bertz CT molecular complexity index is 947. The lowest BCUT2D eigenvalue weighted by atomic mass is 9.96. The Morgan fingerprint density at radius 1 is 1.00 bits per heavy atom. The molecule has 1 aliphatic carbocycles. The number of carbonyl (C=O) groups is 4. The standard InChI is InChI=1S/C23H22N2O4/c1-16(26)2-11-21(27)15-24-19-7-3-17(4-8-19)14-18-5-9-20(10-6-18)25-22(28)12-13-23(25)29/h2-3,5-7,9-13,24H,4,8,14-15H2,1H3/b11-2-. The smallest absolute Gasteiger partial charge is 0.258 e. The largest absolute Gasteiger partial charge is 0.381 e. The van der Waals surface area contributed by atoms with Crippen molar-refractivity contribution in [3.05, 3.63) is 77.6 Å². The van der Waals surface area contributed by atoms with Gasteiger partial charge in [-0.2, -0.15) is 0 Å². The first-order valence-electron chi connectivity index (χ1n) is 9.41. The van der Waals surface area contributed by atoms with E-state index in [-0.39, 0.29) is 29.9 Å². The van der Waals surface area contributed by atoms with Gasteiger partial charge in [0.15, 0.2) is 11.6 Å². The number of hydrogen-bond acceptors (Lipinski definition) is 5. The zero-order valence-corrected chi connectivity index (χ0v) is 16.2. The molecule has 3 rings (SSSR count). The highest BCUT2D eigenvalue weighted by atomic mass is 16.2. The van der Waals surface area contributed by atoms with E-state index in [1.807, 2.05) is 24.3 Å². The number of rotatable bonds is 8. The van der Waals surface area contributed by atoms with E-state index in [1.54, 1.807) is 12.1 Å². The zero-order valence-electron chi connectivity index (χ0n) is 16.2. The van der Waals surface area contributed by atoms with E-state index in [1.165, 1.54) is 36.8 Å². The summed E-state index contributed by atoms with van der Waals surface area (Å²) in [5.74, 6) is -0.927. The fraction of sp³-hybridized carbons (Fsp3) is 0.217. The van der Waals surface area contributed by atoms with Crippen LogP contribution in [0.15, 0.2) is 72.0 Å². The van der Waals surface area contributed by atoms with Crippen molar-refractivity contribution in [2.24, 2.45) is 0 Å². The van der Waals surface area contributed by atoms with Crippen LogP contribution in [0.2, 0.25) is 0 Å². The number of nitrogens with zero attached hydrogens (tertiary/aromatic N) is 1. The van der Waals surface area contributed by atoms with Gasteiger partial charge in [-0.1, -0.05) is 23.8 Å². The normalized spacial score (nSPS) is 16.2. The van der Waals surface area contributed by atoms with Gasteiger partial charge in [0.1, 0.15) is 0 Å². The fourth-order valence-electron chi connectivity index (χ4n) is 3.12. The van der Waals surface area contributed by atoms with E-state index in [0.717, 1.165) is 35.4 Å². The lowest BCUT2D eigenvalue weighted by Gasteiger charge is -2.17. The lowest BCUT2D eigenvalue weighted by molar-refractivity contribution is -0.120.